The average Bonchev–Trinajstić information content (AvgIpc) is 3.27. The molecule has 0 atom stereocenters. The lowest BCUT2D eigenvalue weighted by molar-refractivity contribution is -0.133. The van der Waals surface area contributed by atoms with Crippen molar-refractivity contribution in [2.24, 2.45) is 5.92 Å². The minimum absolute atomic E-state index is 0.231. The Balaban J connectivity index is 1.60. The number of hydrogen-bond acceptors (Lipinski definition) is 3. The summed E-state index contributed by atoms with van der Waals surface area (Å²) < 4.78 is 18.4. The molecule has 0 saturated heterocycles. The number of rotatable bonds is 2. The van der Waals surface area contributed by atoms with Gasteiger partial charge in [0.05, 0.1) is 6.54 Å². The third-order valence-corrected chi connectivity index (χ3v) is 4.19. The van der Waals surface area contributed by atoms with Gasteiger partial charge in [-0.05, 0) is 43.5 Å². The smallest absolute Gasteiger partial charge is 0.226 e. The van der Waals surface area contributed by atoms with Crippen molar-refractivity contribution in [3.8, 4) is 11.3 Å². The van der Waals surface area contributed by atoms with Crippen LogP contribution >= 0.6 is 0 Å². The van der Waals surface area contributed by atoms with E-state index in [1.165, 1.54) is 12.1 Å². The van der Waals surface area contributed by atoms with E-state index in [1.807, 2.05) is 4.90 Å². The molecule has 0 spiro atoms. The Morgan fingerprint density at radius 1 is 1.29 bits per heavy atom. The Hall–Kier alpha value is -2.17. The van der Waals surface area contributed by atoms with Crippen molar-refractivity contribution in [2.75, 3.05) is 6.54 Å². The predicted molar refractivity (Wildman–Crippen MR) is 73.7 cm³/mol. The van der Waals surface area contributed by atoms with Crippen LogP contribution in [0.5, 0.6) is 0 Å². The van der Waals surface area contributed by atoms with E-state index in [-0.39, 0.29) is 17.6 Å². The van der Waals surface area contributed by atoms with Crippen LogP contribution in [0.1, 0.15) is 24.1 Å². The van der Waals surface area contributed by atoms with E-state index >= 15 is 0 Å². The van der Waals surface area contributed by atoms with E-state index in [0.717, 1.165) is 36.1 Å². The summed E-state index contributed by atoms with van der Waals surface area (Å²) in [5.41, 5.74) is 2.70. The summed E-state index contributed by atoms with van der Waals surface area (Å²) in [7, 11) is 0. The number of fused-ring (bicyclic) bond motifs is 1. The van der Waals surface area contributed by atoms with E-state index in [0.29, 0.717) is 18.8 Å². The number of carbonyl (C=O) groups excluding carboxylic acids is 1. The van der Waals surface area contributed by atoms with Gasteiger partial charge in [0.25, 0.3) is 0 Å². The van der Waals surface area contributed by atoms with Crippen LogP contribution in [-0.4, -0.2) is 22.5 Å². The third-order valence-electron chi connectivity index (χ3n) is 4.19. The zero-order valence-corrected chi connectivity index (χ0v) is 11.5. The number of benzene rings is 1. The Morgan fingerprint density at radius 3 is 2.76 bits per heavy atom. The van der Waals surface area contributed by atoms with Crippen molar-refractivity contribution in [3.63, 3.8) is 0 Å². The fourth-order valence-corrected chi connectivity index (χ4v) is 2.84. The fraction of sp³-hybridized carbons (Fsp3) is 0.375. The zero-order valence-electron chi connectivity index (χ0n) is 11.5. The molecule has 1 aromatic heterocycles. The number of carbonyl (C=O) groups is 1. The van der Waals surface area contributed by atoms with E-state index in [1.54, 1.807) is 12.1 Å². The molecule has 2 aromatic rings. The van der Waals surface area contributed by atoms with Crippen LogP contribution in [0.4, 0.5) is 4.39 Å². The van der Waals surface area contributed by atoms with Gasteiger partial charge in [0.15, 0.2) is 5.76 Å². The summed E-state index contributed by atoms with van der Waals surface area (Å²) in [6.07, 6.45) is 2.77. The molecular formula is C16H15FN2O2. The highest BCUT2D eigenvalue weighted by Crippen LogP contribution is 2.34. The first kappa shape index (κ1) is 12.6. The first-order valence-corrected chi connectivity index (χ1v) is 7.24. The molecule has 0 bridgehead atoms. The maximum atomic E-state index is 13.0. The summed E-state index contributed by atoms with van der Waals surface area (Å²) in [6, 6.07) is 6.21. The number of aromatic nitrogens is 1. The molecule has 5 heteroatoms. The number of hydrogen-bond donors (Lipinski definition) is 0. The monoisotopic (exact) mass is 286 g/mol. The van der Waals surface area contributed by atoms with Crippen LogP contribution in [0.2, 0.25) is 0 Å². The molecule has 108 valence electrons. The van der Waals surface area contributed by atoms with Gasteiger partial charge in [-0.2, -0.15) is 0 Å². The van der Waals surface area contributed by atoms with Crippen LogP contribution in [0.25, 0.3) is 11.3 Å². The normalized spacial score (nSPS) is 17.7. The van der Waals surface area contributed by atoms with Gasteiger partial charge in [0.2, 0.25) is 5.91 Å². The van der Waals surface area contributed by atoms with Gasteiger partial charge in [0, 0.05) is 23.6 Å². The zero-order chi connectivity index (χ0) is 14.4. The lowest BCUT2D eigenvalue weighted by Crippen LogP contribution is -2.36. The first-order chi connectivity index (χ1) is 10.2. The van der Waals surface area contributed by atoms with E-state index < -0.39 is 0 Å². The Morgan fingerprint density at radius 2 is 2.05 bits per heavy atom. The molecule has 2 aliphatic rings. The predicted octanol–water partition coefficient (Wildman–Crippen LogP) is 2.78. The highest BCUT2D eigenvalue weighted by Gasteiger charge is 2.36. The largest absolute Gasteiger partial charge is 0.356 e. The topological polar surface area (TPSA) is 46.3 Å². The van der Waals surface area contributed by atoms with Crippen molar-refractivity contribution in [3.05, 3.63) is 41.3 Å². The number of halogens is 1. The quantitative estimate of drug-likeness (QED) is 0.853. The Labute approximate surface area is 121 Å². The minimum Gasteiger partial charge on any atom is -0.356 e. The molecule has 0 radical (unpaired) electrons. The van der Waals surface area contributed by atoms with Crippen LogP contribution < -0.4 is 0 Å². The lowest BCUT2D eigenvalue weighted by atomic mass is 10.0. The molecule has 4 nitrogen and oxygen atoms in total. The van der Waals surface area contributed by atoms with Crippen LogP contribution in [0.3, 0.4) is 0 Å². The molecule has 1 aliphatic heterocycles. The van der Waals surface area contributed by atoms with Gasteiger partial charge in [-0.15, -0.1) is 0 Å². The molecule has 0 N–H and O–H groups in total. The van der Waals surface area contributed by atoms with Crippen LogP contribution in [-0.2, 0) is 17.8 Å². The SMILES string of the molecule is O=C(C1CC1)N1CCc2c(noc2-c2ccc(F)cc2)C1. The van der Waals surface area contributed by atoms with Crippen LogP contribution in [0, 0.1) is 11.7 Å². The Bertz CT molecular complexity index is 689. The highest BCUT2D eigenvalue weighted by molar-refractivity contribution is 5.81. The maximum Gasteiger partial charge on any atom is 0.226 e. The van der Waals surface area contributed by atoms with Gasteiger partial charge in [0.1, 0.15) is 11.5 Å². The second-order valence-electron chi connectivity index (χ2n) is 5.73. The second kappa shape index (κ2) is 4.69. The van der Waals surface area contributed by atoms with Crippen molar-refractivity contribution >= 4 is 5.91 Å². The van der Waals surface area contributed by atoms with Crippen molar-refractivity contribution in [1.82, 2.24) is 10.1 Å². The van der Waals surface area contributed by atoms with E-state index in [2.05, 4.69) is 5.16 Å². The summed E-state index contributed by atoms with van der Waals surface area (Å²) in [4.78, 5) is 14.0. The summed E-state index contributed by atoms with van der Waals surface area (Å²) in [6.45, 7) is 1.23. The molecule has 1 saturated carbocycles. The summed E-state index contributed by atoms with van der Waals surface area (Å²) >= 11 is 0. The van der Waals surface area contributed by atoms with E-state index in [9.17, 15) is 9.18 Å². The summed E-state index contributed by atoms with van der Waals surface area (Å²) in [5, 5.41) is 4.11. The van der Waals surface area contributed by atoms with Crippen molar-refractivity contribution in [1.29, 1.82) is 0 Å². The molecule has 1 aromatic carbocycles. The molecule has 1 fully saturated rings. The first-order valence-electron chi connectivity index (χ1n) is 7.24. The summed E-state index contributed by atoms with van der Waals surface area (Å²) in [5.74, 6) is 0.902. The second-order valence-corrected chi connectivity index (χ2v) is 5.73. The molecule has 21 heavy (non-hydrogen) atoms. The highest BCUT2D eigenvalue weighted by atomic mass is 19.1. The van der Waals surface area contributed by atoms with E-state index in [4.69, 9.17) is 4.52 Å². The molecule has 1 aliphatic carbocycles. The third kappa shape index (κ3) is 2.22. The Kier molecular flexibility index (Phi) is 2.80. The molecule has 0 unspecified atom stereocenters. The van der Waals surface area contributed by atoms with Crippen molar-refractivity contribution in [2.45, 2.75) is 25.8 Å². The standard InChI is InChI=1S/C16H15FN2O2/c17-12-5-3-10(4-6-12)15-13-7-8-19(9-14(13)18-21-15)16(20)11-1-2-11/h3-6,11H,1-2,7-9H2. The molecule has 1 amide bonds. The fourth-order valence-electron chi connectivity index (χ4n) is 2.84. The van der Waals surface area contributed by atoms with Crippen molar-refractivity contribution < 1.29 is 13.7 Å². The maximum absolute atomic E-state index is 13.0. The molecule has 4 rings (SSSR count). The van der Waals surface area contributed by atoms with Gasteiger partial charge in [-0.25, -0.2) is 4.39 Å². The molecule has 2 heterocycles. The van der Waals surface area contributed by atoms with Gasteiger partial charge >= 0.3 is 0 Å². The number of amides is 1. The van der Waals surface area contributed by atoms with Gasteiger partial charge in [-0.3, -0.25) is 4.79 Å². The van der Waals surface area contributed by atoms with Gasteiger partial charge < -0.3 is 9.42 Å². The van der Waals surface area contributed by atoms with Crippen LogP contribution in [0.15, 0.2) is 28.8 Å². The molecular weight excluding hydrogens is 271 g/mol. The number of nitrogens with zero attached hydrogens (tertiary/aromatic N) is 2. The average molecular weight is 286 g/mol. The van der Waals surface area contributed by atoms with Gasteiger partial charge in [-0.1, -0.05) is 5.16 Å². The minimum atomic E-state index is -0.270. The lowest BCUT2D eigenvalue weighted by Gasteiger charge is -2.26.